The number of hydrogen-bond donors (Lipinski definition) is 3. The SMILES string of the molecule is CCOC(=O)[C@H](CC(C)C)NP1(=O)OC[C@H]2OC(N3C=NC4C(N)=NC(F)=NC43)[C@@H](O)[C@@H]2O1. The number of ether oxygens (including phenoxy) is 2. The van der Waals surface area contributed by atoms with Crippen LogP contribution in [0.4, 0.5) is 4.39 Å². The number of hydrogen-bond acceptors (Lipinski definition) is 12. The normalized spacial score (nSPS) is 38.5. The van der Waals surface area contributed by atoms with E-state index in [9.17, 15) is 18.9 Å². The van der Waals surface area contributed by atoms with Gasteiger partial charge in [-0.25, -0.2) is 14.6 Å². The molecule has 8 atom stereocenters. The molecule has 0 aromatic rings. The van der Waals surface area contributed by atoms with E-state index in [1.807, 2.05) is 13.8 Å². The smallest absolute Gasteiger partial charge is 0.406 e. The van der Waals surface area contributed by atoms with E-state index in [1.54, 1.807) is 6.92 Å². The van der Waals surface area contributed by atoms with Crippen molar-refractivity contribution in [1.82, 2.24) is 9.99 Å². The van der Waals surface area contributed by atoms with Crippen LogP contribution in [0.25, 0.3) is 0 Å². The summed E-state index contributed by atoms with van der Waals surface area (Å²) in [6.07, 6.45) is -4.34. The first kappa shape index (κ1) is 24.2. The Bertz CT molecular complexity index is 917. The summed E-state index contributed by atoms with van der Waals surface area (Å²) in [5, 5.41) is 13.6. The molecule has 2 fully saturated rings. The molecule has 4 unspecified atom stereocenters. The van der Waals surface area contributed by atoms with E-state index < -0.39 is 62.6 Å². The van der Waals surface area contributed by atoms with Crippen LogP contribution in [0.2, 0.25) is 0 Å². The maximum Gasteiger partial charge on any atom is 0.406 e. The molecule has 0 radical (unpaired) electrons. The van der Waals surface area contributed by atoms with Gasteiger partial charge in [0.05, 0.1) is 19.6 Å². The number of amidine groups is 2. The molecule has 4 aliphatic rings. The Labute approximate surface area is 189 Å². The van der Waals surface area contributed by atoms with Crippen LogP contribution in [0.15, 0.2) is 15.0 Å². The minimum Gasteiger partial charge on any atom is -0.465 e. The van der Waals surface area contributed by atoms with Crippen LogP contribution in [0, 0.1) is 5.92 Å². The Morgan fingerprint density at radius 1 is 1.52 bits per heavy atom. The van der Waals surface area contributed by atoms with Gasteiger partial charge in [-0.05, 0) is 19.3 Å². The molecule has 4 rings (SSSR count). The second kappa shape index (κ2) is 9.35. The number of carbonyl (C=O) groups is 1. The lowest BCUT2D eigenvalue weighted by molar-refractivity contribution is -0.145. The van der Waals surface area contributed by atoms with Gasteiger partial charge in [-0.1, -0.05) is 13.8 Å². The van der Waals surface area contributed by atoms with Crippen LogP contribution in [-0.2, 0) is 27.9 Å². The summed E-state index contributed by atoms with van der Waals surface area (Å²) >= 11 is 0. The molecular formula is C18H28FN6O7P. The molecule has 2 saturated heterocycles. The topological polar surface area (TPSA) is 170 Å². The minimum atomic E-state index is -3.99. The quantitative estimate of drug-likeness (QED) is 0.249. The van der Waals surface area contributed by atoms with Gasteiger partial charge in [0.2, 0.25) is 0 Å². The van der Waals surface area contributed by atoms with E-state index in [1.165, 1.54) is 11.2 Å². The molecule has 184 valence electrons. The van der Waals surface area contributed by atoms with Crippen molar-refractivity contribution in [3.05, 3.63) is 0 Å². The molecular weight excluding hydrogens is 462 g/mol. The van der Waals surface area contributed by atoms with Crippen LogP contribution in [0.3, 0.4) is 0 Å². The molecule has 4 aliphatic heterocycles. The zero-order valence-corrected chi connectivity index (χ0v) is 19.3. The van der Waals surface area contributed by atoms with E-state index in [-0.39, 0.29) is 25.0 Å². The highest BCUT2D eigenvalue weighted by Gasteiger charge is 2.56. The van der Waals surface area contributed by atoms with Gasteiger partial charge in [0.1, 0.15) is 36.2 Å². The Hall–Kier alpha value is -1.96. The Morgan fingerprint density at radius 2 is 2.27 bits per heavy atom. The Balaban J connectivity index is 1.46. The van der Waals surface area contributed by atoms with E-state index >= 15 is 0 Å². The maximum atomic E-state index is 13.7. The molecule has 15 heteroatoms. The summed E-state index contributed by atoms with van der Waals surface area (Å²) in [4.78, 5) is 25.2. The van der Waals surface area contributed by atoms with Gasteiger partial charge in [-0.2, -0.15) is 9.38 Å². The van der Waals surface area contributed by atoms with Crippen LogP contribution < -0.4 is 10.8 Å². The largest absolute Gasteiger partial charge is 0.465 e. The average molecular weight is 490 g/mol. The standard InChI is InChI=1S/C18H28FN6O7P/c1-4-29-17(27)9(5-8(2)3)24-33(28)30-6-10-13(32-33)12(26)16(31-10)25-7-21-11-14(20)22-18(19)23-15(11)25/h7-13,15-16,26H,4-6H2,1-3H3,(H,24,28)(H2,20,22,23)/t9-,10+,11?,12-,13+,15?,16?,33?/m0/s1. The predicted molar refractivity (Wildman–Crippen MR) is 114 cm³/mol. The summed E-state index contributed by atoms with van der Waals surface area (Å²) in [6.45, 7) is 5.48. The lowest BCUT2D eigenvalue weighted by atomic mass is 10.1. The van der Waals surface area contributed by atoms with Crippen molar-refractivity contribution in [3.63, 3.8) is 0 Å². The summed E-state index contributed by atoms with van der Waals surface area (Å²) in [7, 11) is -3.99. The third-order valence-corrected chi connectivity index (χ3v) is 7.21. The molecule has 0 aliphatic carbocycles. The van der Waals surface area contributed by atoms with E-state index in [0.717, 1.165) is 0 Å². The third-order valence-electron chi connectivity index (χ3n) is 5.58. The van der Waals surface area contributed by atoms with Crippen molar-refractivity contribution in [2.24, 2.45) is 26.6 Å². The fourth-order valence-electron chi connectivity index (χ4n) is 4.12. The molecule has 0 spiro atoms. The number of fused-ring (bicyclic) bond motifs is 2. The van der Waals surface area contributed by atoms with Gasteiger partial charge in [0.25, 0.3) is 0 Å². The Kier molecular flexibility index (Phi) is 6.85. The monoisotopic (exact) mass is 490 g/mol. The maximum absolute atomic E-state index is 13.7. The van der Waals surface area contributed by atoms with E-state index in [4.69, 9.17) is 24.3 Å². The molecule has 33 heavy (non-hydrogen) atoms. The number of nitrogens with two attached hydrogens (primary N) is 1. The van der Waals surface area contributed by atoms with Crippen molar-refractivity contribution in [2.45, 2.75) is 70.0 Å². The fourth-order valence-corrected chi connectivity index (χ4v) is 5.83. The molecule has 0 bridgehead atoms. The first-order valence-corrected chi connectivity index (χ1v) is 12.2. The average Bonchev–Trinajstić information content (AvgIpc) is 3.28. The second-order valence-corrected chi connectivity index (χ2v) is 10.2. The van der Waals surface area contributed by atoms with Crippen molar-refractivity contribution in [2.75, 3.05) is 13.2 Å². The van der Waals surface area contributed by atoms with Crippen LogP contribution in [0.1, 0.15) is 27.2 Å². The highest BCUT2D eigenvalue weighted by Crippen LogP contribution is 2.52. The second-order valence-electron chi connectivity index (χ2n) is 8.49. The number of halogens is 1. The third kappa shape index (κ3) is 4.81. The van der Waals surface area contributed by atoms with Crippen molar-refractivity contribution >= 4 is 32.0 Å². The van der Waals surface area contributed by atoms with Gasteiger partial charge >= 0.3 is 19.8 Å². The number of rotatable bonds is 7. The Morgan fingerprint density at radius 3 is 2.97 bits per heavy atom. The lowest BCUT2D eigenvalue weighted by Crippen LogP contribution is -2.52. The molecule has 13 nitrogen and oxygen atoms in total. The molecule has 0 amide bonds. The molecule has 4 heterocycles. The first-order chi connectivity index (χ1) is 15.6. The predicted octanol–water partition coefficient (Wildman–Crippen LogP) is -0.102. The van der Waals surface area contributed by atoms with Gasteiger partial charge in [0.15, 0.2) is 12.4 Å². The van der Waals surface area contributed by atoms with E-state index in [2.05, 4.69) is 20.1 Å². The summed E-state index contributed by atoms with van der Waals surface area (Å²) < 4.78 is 49.0. The van der Waals surface area contributed by atoms with Crippen LogP contribution in [-0.4, -0.2) is 90.2 Å². The van der Waals surface area contributed by atoms with Crippen LogP contribution >= 0.6 is 7.75 Å². The molecule has 0 saturated carbocycles. The summed E-state index contributed by atoms with van der Waals surface area (Å²) in [6, 6.07) is -1.63. The number of aliphatic imine (C=N–C) groups is 3. The number of aliphatic hydroxyl groups excluding tert-OH is 1. The van der Waals surface area contributed by atoms with E-state index in [0.29, 0.717) is 6.42 Å². The fraction of sp³-hybridized carbons (Fsp3) is 0.778. The number of nitrogens with zero attached hydrogens (tertiary/aromatic N) is 4. The van der Waals surface area contributed by atoms with Crippen molar-refractivity contribution < 1.29 is 37.4 Å². The van der Waals surface area contributed by atoms with Crippen LogP contribution in [0.5, 0.6) is 0 Å². The molecule has 4 N–H and O–H groups in total. The number of carbonyl (C=O) groups excluding carboxylic acids is 1. The summed E-state index contributed by atoms with van der Waals surface area (Å²) in [5.74, 6) is -0.525. The van der Waals surface area contributed by atoms with Crippen molar-refractivity contribution in [3.8, 4) is 0 Å². The molecule has 0 aromatic carbocycles. The summed E-state index contributed by atoms with van der Waals surface area (Å²) in [5.41, 5.74) is 5.74. The first-order valence-electron chi connectivity index (χ1n) is 10.7. The molecule has 0 aromatic heterocycles. The minimum absolute atomic E-state index is 0.0420. The zero-order valence-electron chi connectivity index (χ0n) is 18.4. The van der Waals surface area contributed by atoms with Gasteiger partial charge in [-0.15, -0.1) is 0 Å². The number of aliphatic hydroxyl groups is 1. The lowest BCUT2D eigenvalue weighted by Gasteiger charge is -2.33. The van der Waals surface area contributed by atoms with Gasteiger partial charge < -0.3 is 25.2 Å². The number of nitrogens with one attached hydrogen (secondary N) is 1. The zero-order chi connectivity index (χ0) is 23.9. The number of esters is 1. The highest BCUT2D eigenvalue weighted by molar-refractivity contribution is 7.51. The highest BCUT2D eigenvalue weighted by atomic mass is 31.2. The van der Waals surface area contributed by atoms with Crippen molar-refractivity contribution in [1.29, 1.82) is 0 Å². The van der Waals surface area contributed by atoms with Gasteiger partial charge in [-0.3, -0.25) is 18.8 Å². The van der Waals surface area contributed by atoms with Gasteiger partial charge in [0, 0.05) is 0 Å².